The molecule has 1 saturated carbocycles. The molecule has 0 atom stereocenters. The fraction of sp³-hybridized carbons (Fsp3) is 0.538. The van der Waals surface area contributed by atoms with Crippen LogP contribution in [0.3, 0.4) is 0 Å². The SMILES string of the molecule is Cc1ccc(N)c(SC2CCCCC2)c1. The molecule has 0 aromatic heterocycles. The van der Waals surface area contributed by atoms with E-state index in [-0.39, 0.29) is 0 Å². The Hall–Kier alpha value is -0.630. The molecule has 1 fully saturated rings. The van der Waals surface area contributed by atoms with Gasteiger partial charge in [0, 0.05) is 15.8 Å². The van der Waals surface area contributed by atoms with Crippen molar-refractivity contribution in [3.05, 3.63) is 23.8 Å². The number of benzene rings is 1. The van der Waals surface area contributed by atoms with Crippen molar-refractivity contribution < 1.29 is 0 Å². The van der Waals surface area contributed by atoms with E-state index in [4.69, 9.17) is 5.73 Å². The number of hydrogen-bond acceptors (Lipinski definition) is 2. The van der Waals surface area contributed by atoms with E-state index in [1.165, 1.54) is 42.6 Å². The molecule has 1 aliphatic carbocycles. The van der Waals surface area contributed by atoms with Crippen LogP contribution in [-0.2, 0) is 0 Å². The summed E-state index contributed by atoms with van der Waals surface area (Å²) in [6.45, 7) is 2.13. The Bertz CT molecular complexity index is 329. The Labute approximate surface area is 96.4 Å². The van der Waals surface area contributed by atoms with Crippen molar-refractivity contribution in [3.63, 3.8) is 0 Å². The van der Waals surface area contributed by atoms with E-state index in [9.17, 15) is 0 Å². The van der Waals surface area contributed by atoms with E-state index in [0.717, 1.165) is 10.9 Å². The molecule has 2 heteroatoms. The Kier molecular flexibility index (Phi) is 3.57. The van der Waals surface area contributed by atoms with Gasteiger partial charge in [0.25, 0.3) is 0 Å². The van der Waals surface area contributed by atoms with E-state index < -0.39 is 0 Å². The molecule has 0 saturated heterocycles. The minimum Gasteiger partial charge on any atom is -0.398 e. The lowest BCUT2D eigenvalue weighted by Gasteiger charge is -2.21. The molecule has 0 amide bonds. The standard InChI is InChI=1S/C13H19NS/c1-10-7-8-12(14)13(9-10)15-11-5-3-2-4-6-11/h7-9,11H,2-6,14H2,1H3. The van der Waals surface area contributed by atoms with Crippen LogP contribution in [0.4, 0.5) is 5.69 Å². The molecule has 0 radical (unpaired) electrons. The minimum atomic E-state index is 0.794. The highest BCUT2D eigenvalue weighted by molar-refractivity contribution is 8.00. The van der Waals surface area contributed by atoms with Crippen LogP contribution >= 0.6 is 11.8 Å². The van der Waals surface area contributed by atoms with Gasteiger partial charge in [0.2, 0.25) is 0 Å². The first-order chi connectivity index (χ1) is 7.25. The van der Waals surface area contributed by atoms with E-state index >= 15 is 0 Å². The topological polar surface area (TPSA) is 26.0 Å². The number of nitrogen functional groups attached to an aromatic ring is 1. The summed E-state index contributed by atoms with van der Waals surface area (Å²) < 4.78 is 0. The van der Waals surface area contributed by atoms with Crippen molar-refractivity contribution in [1.29, 1.82) is 0 Å². The first-order valence-electron chi connectivity index (χ1n) is 5.78. The summed E-state index contributed by atoms with van der Waals surface area (Å²) in [4.78, 5) is 1.28. The molecule has 1 nitrogen and oxygen atoms in total. The second-order valence-corrected chi connectivity index (χ2v) is 5.76. The predicted molar refractivity (Wildman–Crippen MR) is 68.3 cm³/mol. The maximum Gasteiger partial charge on any atom is 0.0452 e. The van der Waals surface area contributed by atoms with Crippen molar-refractivity contribution in [2.24, 2.45) is 0 Å². The van der Waals surface area contributed by atoms with Gasteiger partial charge in [-0.1, -0.05) is 25.3 Å². The molecule has 2 rings (SSSR count). The van der Waals surface area contributed by atoms with E-state index in [1.807, 2.05) is 17.8 Å². The van der Waals surface area contributed by atoms with Crippen LogP contribution in [0.2, 0.25) is 0 Å². The molecule has 0 heterocycles. The average Bonchev–Trinajstić information content (AvgIpc) is 2.25. The van der Waals surface area contributed by atoms with Gasteiger partial charge in [-0.2, -0.15) is 0 Å². The second-order valence-electron chi connectivity index (χ2n) is 4.42. The zero-order chi connectivity index (χ0) is 10.7. The van der Waals surface area contributed by atoms with Gasteiger partial charge in [-0.05, 0) is 37.5 Å². The maximum atomic E-state index is 5.99. The fourth-order valence-electron chi connectivity index (χ4n) is 2.11. The summed E-state index contributed by atoms with van der Waals surface area (Å²) in [6.07, 6.45) is 6.92. The molecule has 2 N–H and O–H groups in total. The molecule has 1 aliphatic rings. The molecule has 0 aliphatic heterocycles. The Morgan fingerprint density at radius 3 is 2.67 bits per heavy atom. The molecule has 1 aromatic carbocycles. The van der Waals surface area contributed by atoms with Crippen LogP contribution in [0, 0.1) is 6.92 Å². The van der Waals surface area contributed by atoms with Crippen molar-refractivity contribution in [3.8, 4) is 0 Å². The van der Waals surface area contributed by atoms with Crippen molar-refractivity contribution in [2.75, 3.05) is 5.73 Å². The lowest BCUT2D eigenvalue weighted by molar-refractivity contribution is 0.516. The predicted octanol–water partition coefficient (Wildman–Crippen LogP) is 4.00. The highest BCUT2D eigenvalue weighted by Crippen LogP contribution is 2.36. The molecule has 1 aromatic rings. The van der Waals surface area contributed by atoms with Gasteiger partial charge in [0.05, 0.1) is 0 Å². The molecular formula is C13H19NS. The van der Waals surface area contributed by atoms with Crippen molar-refractivity contribution in [2.45, 2.75) is 49.2 Å². The smallest absolute Gasteiger partial charge is 0.0452 e. The van der Waals surface area contributed by atoms with Gasteiger partial charge in [-0.3, -0.25) is 0 Å². The zero-order valence-electron chi connectivity index (χ0n) is 9.33. The normalized spacial score (nSPS) is 17.9. The largest absolute Gasteiger partial charge is 0.398 e. The average molecular weight is 221 g/mol. The molecular weight excluding hydrogens is 202 g/mol. The second kappa shape index (κ2) is 4.93. The van der Waals surface area contributed by atoms with Crippen LogP contribution in [0.1, 0.15) is 37.7 Å². The fourth-order valence-corrected chi connectivity index (χ4v) is 3.49. The van der Waals surface area contributed by atoms with Gasteiger partial charge in [0.1, 0.15) is 0 Å². The van der Waals surface area contributed by atoms with E-state index in [2.05, 4.69) is 19.1 Å². The van der Waals surface area contributed by atoms with Crippen LogP contribution < -0.4 is 5.73 Å². The third-order valence-corrected chi connectivity index (χ3v) is 4.43. The summed E-state index contributed by atoms with van der Waals surface area (Å²) in [5.41, 5.74) is 8.23. The molecule has 0 bridgehead atoms. The lowest BCUT2D eigenvalue weighted by Crippen LogP contribution is -2.08. The molecule has 0 unspecified atom stereocenters. The van der Waals surface area contributed by atoms with Crippen LogP contribution in [0.25, 0.3) is 0 Å². The van der Waals surface area contributed by atoms with Crippen LogP contribution in [0.5, 0.6) is 0 Å². The lowest BCUT2D eigenvalue weighted by atomic mass is 10.0. The number of rotatable bonds is 2. The monoisotopic (exact) mass is 221 g/mol. The quantitative estimate of drug-likeness (QED) is 0.764. The number of anilines is 1. The highest BCUT2D eigenvalue weighted by atomic mass is 32.2. The molecule has 0 spiro atoms. The van der Waals surface area contributed by atoms with Gasteiger partial charge in [-0.25, -0.2) is 0 Å². The maximum absolute atomic E-state index is 5.99. The summed E-state index contributed by atoms with van der Waals surface area (Å²) in [5.74, 6) is 0. The molecule has 82 valence electrons. The Balaban J connectivity index is 2.05. The van der Waals surface area contributed by atoms with Crippen LogP contribution in [-0.4, -0.2) is 5.25 Å². The van der Waals surface area contributed by atoms with Crippen molar-refractivity contribution >= 4 is 17.4 Å². The highest BCUT2D eigenvalue weighted by Gasteiger charge is 2.15. The van der Waals surface area contributed by atoms with Gasteiger partial charge in [-0.15, -0.1) is 11.8 Å². The Morgan fingerprint density at radius 2 is 1.93 bits per heavy atom. The third-order valence-electron chi connectivity index (χ3n) is 3.01. The van der Waals surface area contributed by atoms with E-state index in [1.54, 1.807) is 0 Å². The third kappa shape index (κ3) is 2.91. The summed E-state index contributed by atoms with van der Waals surface area (Å²) in [7, 11) is 0. The van der Waals surface area contributed by atoms with Gasteiger partial charge >= 0.3 is 0 Å². The van der Waals surface area contributed by atoms with Gasteiger partial charge < -0.3 is 5.73 Å². The minimum absolute atomic E-state index is 0.794. The van der Waals surface area contributed by atoms with Gasteiger partial charge in [0.15, 0.2) is 0 Å². The molecule has 15 heavy (non-hydrogen) atoms. The van der Waals surface area contributed by atoms with E-state index in [0.29, 0.717) is 0 Å². The number of hydrogen-bond donors (Lipinski definition) is 1. The summed E-state index contributed by atoms with van der Waals surface area (Å²) >= 11 is 1.98. The van der Waals surface area contributed by atoms with Crippen molar-refractivity contribution in [1.82, 2.24) is 0 Å². The van der Waals surface area contributed by atoms with Crippen LogP contribution in [0.15, 0.2) is 23.1 Å². The number of aryl methyl sites for hydroxylation is 1. The zero-order valence-corrected chi connectivity index (χ0v) is 10.1. The summed E-state index contributed by atoms with van der Waals surface area (Å²) in [5, 5.41) is 0.794. The number of nitrogens with two attached hydrogens (primary N) is 1. The first kappa shape index (κ1) is 10.9. The number of thioether (sulfide) groups is 1. The first-order valence-corrected chi connectivity index (χ1v) is 6.66. The Morgan fingerprint density at radius 1 is 1.20 bits per heavy atom. The summed E-state index contributed by atoms with van der Waals surface area (Å²) in [6, 6.07) is 6.33.